The van der Waals surface area contributed by atoms with Crippen LogP contribution in [0.25, 0.3) is 6.08 Å². The van der Waals surface area contributed by atoms with Crippen molar-refractivity contribution in [3.8, 4) is 0 Å². The van der Waals surface area contributed by atoms with Gasteiger partial charge in [0.05, 0.1) is 4.91 Å². The molecule has 1 amide bonds. The molecule has 0 bridgehead atoms. The number of benzene rings is 1. The van der Waals surface area contributed by atoms with Gasteiger partial charge in [-0.2, -0.15) is 0 Å². The fourth-order valence-corrected chi connectivity index (χ4v) is 3.62. The molecule has 0 aromatic heterocycles. The van der Waals surface area contributed by atoms with Crippen LogP contribution in [0.5, 0.6) is 0 Å². The number of hydrogen-bond acceptors (Lipinski definition) is 4. The van der Waals surface area contributed by atoms with E-state index in [9.17, 15) is 19.1 Å². The fraction of sp³-hybridized carbons (Fsp3) is 0.312. The molecular weight excluding hydrogens is 337 g/mol. The van der Waals surface area contributed by atoms with Gasteiger partial charge in [-0.25, -0.2) is 9.18 Å². The molecule has 1 atom stereocenters. The zero-order chi connectivity index (χ0) is 17.1. The standard InChI is InChI=1S/C16H16FNO3S2/c1-9(2)6-12(15(20)21)18-14(19)13(23-16(18)22)8-10-4-3-5-11(17)7-10/h3-5,7-9,12H,6H2,1-2H3,(H,20,21)/b13-8-. The first-order chi connectivity index (χ1) is 10.8. The smallest absolute Gasteiger partial charge is 0.326 e. The van der Waals surface area contributed by atoms with Crippen molar-refractivity contribution in [1.82, 2.24) is 4.90 Å². The Morgan fingerprint density at radius 3 is 2.74 bits per heavy atom. The molecule has 1 unspecified atom stereocenters. The average molecular weight is 353 g/mol. The molecule has 1 N–H and O–H groups in total. The largest absolute Gasteiger partial charge is 0.480 e. The summed E-state index contributed by atoms with van der Waals surface area (Å²) in [5, 5.41) is 9.40. The summed E-state index contributed by atoms with van der Waals surface area (Å²) < 4.78 is 13.4. The van der Waals surface area contributed by atoms with Gasteiger partial charge in [0.15, 0.2) is 0 Å². The average Bonchev–Trinajstić information content (AvgIpc) is 2.71. The minimum atomic E-state index is -1.08. The van der Waals surface area contributed by atoms with Crippen molar-refractivity contribution >= 4 is 46.3 Å². The number of rotatable bonds is 5. The second-order valence-corrected chi connectivity index (χ2v) is 7.27. The van der Waals surface area contributed by atoms with Crippen LogP contribution in [0.4, 0.5) is 4.39 Å². The van der Waals surface area contributed by atoms with Gasteiger partial charge in [0, 0.05) is 0 Å². The van der Waals surface area contributed by atoms with Gasteiger partial charge < -0.3 is 5.11 Å². The summed E-state index contributed by atoms with van der Waals surface area (Å²) in [7, 11) is 0. The van der Waals surface area contributed by atoms with Crippen molar-refractivity contribution in [2.24, 2.45) is 5.92 Å². The number of hydrogen-bond donors (Lipinski definition) is 1. The summed E-state index contributed by atoms with van der Waals surface area (Å²) in [6, 6.07) is 4.83. The lowest BCUT2D eigenvalue weighted by Crippen LogP contribution is -2.44. The fourth-order valence-electron chi connectivity index (χ4n) is 2.26. The molecule has 1 aromatic rings. The molecule has 23 heavy (non-hydrogen) atoms. The van der Waals surface area contributed by atoms with Gasteiger partial charge in [-0.1, -0.05) is 50.0 Å². The van der Waals surface area contributed by atoms with Crippen LogP contribution in [0.3, 0.4) is 0 Å². The van der Waals surface area contributed by atoms with Crippen LogP contribution >= 0.6 is 24.0 Å². The van der Waals surface area contributed by atoms with Crippen LogP contribution < -0.4 is 0 Å². The Kier molecular flexibility index (Phi) is 5.54. The number of amides is 1. The first kappa shape index (κ1) is 17.6. The summed E-state index contributed by atoms with van der Waals surface area (Å²) >= 11 is 6.21. The number of nitrogens with zero attached hydrogens (tertiary/aromatic N) is 1. The van der Waals surface area contributed by atoms with Crippen molar-refractivity contribution in [2.75, 3.05) is 0 Å². The number of carbonyl (C=O) groups is 2. The van der Waals surface area contributed by atoms with E-state index in [2.05, 4.69) is 0 Å². The lowest BCUT2D eigenvalue weighted by Gasteiger charge is -2.24. The molecule has 1 fully saturated rings. The Bertz CT molecular complexity index is 688. The van der Waals surface area contributed by atoms with Gasteiger partial charge in [-0.15, -0.1) is 0 Å². The molecule has 0 spiro atoms. The molecule has 0 radical (unpaired) electrons. The topological polar surface area (TPSA) is 57.6 Å². The lowest BCUT2D eigenvalue weighted by atomic mass is 10.0. The quantitative estimate of drug-likeness (QED) is 0.648. The van der Waals surface area contributed by atoms with Crippen molar-refractivity contribution in [3.63, 3.8) is 0 Å². The van der Waals surface area contributed by atoms with Gasteiger partial charge in [-0.05, 0) is 36.1 Å². The number of carbonyl (C=O) groups excluding carboxylic acids is 1. The SMILES string of the molecule is CC(C)CC(C(=O)O)N1C(=O)/C(=C/c2cccc(F)c2)SC1=S. The van der Waals surface area contributed by atoms with Crippen LogP contribution in [0.2, 0.25) is 0 Å². The Labute approximate surface area is 143 Å². The van der Waals surface area contributed by atoms with Crippen molar-refractivity contribution < 1.29 is 19.1 Å². The Balaban J connectivity index is 2.30. The maximum atomic E-state index is 13.2. The van der Waals surface area contributed by atoms with E-state index in [1.807, 2.05) is 13.8 Å². The van der Waals surface area contributed by atoms with Gasteiger partial charge >= 0.3 is 5.97 Å². The zero-order valence-electron chi connectivity index (χ0n) is 12.7. The van der Waals surface area contributed by atoms with Gasteiger partial charge in [0.2, 0.25) is 0 Å². The molecule has 7 heteroatoms. The van der Waals surface area contributed by atoms with Crippen molar-refractivity contribution in [2.45, 2.75) is 26.3 Å². The Hall–Kier alpha value is -1.73. The highest BCUT2D eigenvalue weighted by Gasteiger charge is 2.40. The maximum absolute atomic E-state index is 13.2. The molecule has 1 saturated heterocycles. The first-order valence-corrected chi connectivity index (χ1v) is 8.27. The minimum Gasteiger partial charge on any atom is -0.480 e. The van der Waals surface area contributed by atoms with Gasteiger partial charge in [0.25, 0.3) is 5.91 Å². The van der Waals surface area contributed by atoms with Crippen LogP contribution in [0.15, 0.2) is 29.2 Å². The number of carboxylic acid groups (broad SMARTS) is 1. The third kappa shape index (κ3) is 4.17. The van der Waals surface area contributed by atoms with E-state index in [-0.39, 0.29) is 10.2 Å². The molecule has 4 nitrogen and oxygen atoms in total. The number of aliphatic carboxylic acids is 1. The molecule has 0 aliphatic carbocycles. The summed E-state index contributed by atoms with van der Waals surface area (Å²) in [6.07, 6.45) is 1.84. The second-order valence-electron chi connectivity index (χ2n) is 5.59. The molecular formula is C16H16FNO3S2. The molecule has 0 saturated carbocycles. The lowest BCUT2D eigenvalue weighted by molar-refractivity contribution is -0.145. The predicted octanol–water partition coefficient (Wildman–Crippen LogP) is 3.53. The summed E-state index contributed by atoms with van der Waals surface area (Å²) in [5.74, 6) is -1.83. The number of carboxylic acids is 1. The number of thioether (sulfide) groups is 1. The van der Waals surface area contributed by atoms with E-state index < -0.39 is 23.7 Å². The summed E-state index contributed by atoms with van der Waals surface area (Å²) in [4.78, 5) is 25.5. The maximum Gasteiger partial charge on any atom is 0.326 e. The third-order valence-corrected chi connectivity index (χ3v) is 4.59. The zero-order valence-corrected chi connectivity index (χ0v) is 14.3. The molecule has 1 aromatic carbocycles. The monoisotopic (exact) mass is 353 g/mol. The highest BCUT2D eigenvalue weighted by Crippen LogP contribution is 2.35. The first-order valence-electron chi connectivity index (χ1n) is 7.05. The van der Waals surface area contributed by atoms with Gasteiger partial charge in [-0.3, -0.25) is 9.69 Å². The van der Waals surface area contributed by atoms with E-state index in [4.69, 9.17) is 12.2 Å². The molecule has 2 rings (SSSR count). The van der Waals surface area contributed by atoms with E-state index >= 15 is 0 Å². The predicted molar refractivity (Wildman–Crippen MR) is 92.3 cm³/mol. The highest BCUT2D eigenvalue weighted by molar-refractivity contribution is 8.26. The normalized spacial score (nSPS) is 18.1. The molecule has 1 aliphatic rings. The summed E-state index contributed by atoms with van der Waals surface area (Å²) in [5.41, 5.74) is 0.529. The van der Waals surface area contributed by atoms with E-state index in [1.54, 1.807) is 12.1 Å². The van der Waals surface area contributed by atoms with Crippen molar-refractivity contribution in [1.29, 1.82) is 0 Å². The minimum absolute atomic E-state index is 0.105. The van der Waals surface area contributed by atoms with Crippen LogP contribution in [-0.2, 0) is 9.59 Å². The summed E-state index contributed by atoms with van der Waals surface area (Å²) in [6.45, 7) is 3.77. The molecule has 1 aliphatic heterocycles. The second kappa shape index (κ2) is 7.23. The van der Waals surface area contributed by atoms with Crippen molar-refractivity contribution in [3.05, 3.63) is 40.6 Å². The highest BCUT2D eigenvalue weighted by atomic mass is 32.2. The third-order valence-electron chi connectivity index (χ3n) is 3.26. The Morgan fingerprint density at radius 2 is 2.17 bits per heavy atom. The van der Waals surface area contributed by atoms with Crippen LogP contribution in [0, 0.1) is 11.7 Å². The van der Waals surface area contributed by atoms with Gasteiger partial charge in [0.1, 0.15) is 16.2 Å². The number of halogens is 1. The van der Waals surface area contributed by atoms with E-state index in [0.29, 0.717) is 16.9 Å². The van der Waals surface area contributed by atoms with Crippen LogP contribution in [-0.4, -0.2) is 32.2 Å². The number of thiocarbonyl (C=S) groups is 1. The Morgan fingerprint density at radius 1 is 1.48 bits per heavy atom. The van der Waals surface area contributed by atoms with Crippen LogP contribution in [0.1, 0.15) is 25.8 Å². The molecule has 122 valence electrons. The van der Waals surface area contributed by atoms with E-state index in [1.165, 1.54) is 18.2 Å². The molecule has 1 heterocycles. The van der Waals surface area contributed by atoms with E-state index in [0.717, 1.165) is 16.7 Å².